The zero-order valence-corrected chi connectivity index (χ0v) is 18.8. The Morgan fingerprint density at radius 2 is 1.79 bits per heavy atom. The maximum Gasteiger partial charge on any atom is 0.244 e. The molecule has 1 aliphatic rings. The molecule has 2 aromatic carbocycles. The van der Waals surface area contributed by atoms with E-state index in [0.29, 0.717) is 24.4 Å². The van der Waals surface area contributed by atoms with E-state index in [4.69, 9.17) is 9.52 Å². The molecule has 2 aromatic heterocycles. The minimum atomic E-state index is -0.253. The molecule has 0 atom stereocenters. The van der Waals surface area contributed by atoms with Crippen molar-refractivity contribution < 1.29 is 14.0 Å². The molecule has 2 amide bonds. The first-order chi connectivity index (χ1) is 16.7. The predicted molar refractivity (Wildman–Crippen MR) is 131 cm³/mol. The summed E-state index contributed by atoms with van der Waals surface area (Å²) in [4.78, 5) is 26.4. The van der Waals surface area contributed by atoms with Crippen LogP contribution in [0.15, 0.2) is 77.4 Å². The normalized spacial score (nSPS) is 13.7. The smallest absolute Gasteiger partial charge is 0.244 e. The van der Waals surface area contributed by atoms with Gasteiger partial charge in [0.15, 0.2) is 5.76 Å². The largest absolute Gasteiger partial charge is 0.454 e. The molecule has 34 heavy (non-hydrogen) atoms. The van der Waals surface area contributed by atoms with Crippen LogP contribution in [-0.2, 0) is 9.59 Å². The van der Waals surface area contributed by atoms with Crippen LogP contribution in [-0.4, -0.2) is 46.1 Å². The Morgan fingerprint density at radius 3 is 2.59 bits per heavy atom. The van der Waals surface area contributed by atoms with Crippen molar-refractivity contribution >= 4 is 28.9 Å². The second kappa shape index (κ2) is 9.79. The highest BCUT2D eigenvalue weighted by atomic mass is 16.3. The van der Waals surface area contributed by atoms with Crippen LogP contribution in [0.2, 0.25) is 0 Å². The summed E-state index contributed by atoms with van der Waals surface area (Å²) in [6, 6.07) is 19.5. The van der Waals surface area contributed by atoms with Gasteiger partial charge >= 0.3 is 0 Å². The lowest BCUT2D eigenvalue weighted by atomic mass is 10.2. The van der Waals surface area contributed by atoms with Gasteiger partial charge in [0.1, 0.15) is 11.3 Å². The third-order valence-electron chi connectivity index (χ3n) is 5.93. The number of benzene rings is 2. The minimum absolute atomic E-state index is 0.0955. The molecule has 0 bridgehead atoms. The summed E-state index contributed by atoms with van der Waals surface area (Å²) in [6.45, 7) is 1.96. The monoisotopic (exact) mass is 454 g/mol. The SMILES string of the molecule is O=C(C=Cc1cn(-c2ccccc2)nc1-c1cc2ccccc2o1)NCCC(=O)N1CCCC1. The van der Waals surface area contributed by atoms with Gasteiger partial charge in [-0.05, 0) is 43.2 Å². The van der Waals surface area contributed by atoms with E-state index in [2.05, 4.69) is 5.32 Å². The van der Waals surface area contributed by atoms with Crippen molar-refractivity contribution in [1.29, 1.82) is 0 Å². The van der Waals surface area contributed by atoms with Crippen molar-refractivity contribution in [2.45, 2.75) is 19.3 Å². The molecule has 0 radical (unpaired) electrons. The average Bonchev–Trinajstić information content (AvgIpc) is 3.62. The molecule has 0 aliphatic carbocycles. The van der Waals surface area contributed by atoms with Crippen LogP contribution in [0.5, 0.6) is 0 Å². The quantitative estimate of drug-likeness (QED) is 0.419. The van der Waals surface area contributed by atoms with Crippen molar-refractivity contribution in [3.8, 4) is 17.1 Å². The Hall–Kier alpha value is -4.13. The second-order valence-corrected chi connectivity index (χ2v) is 8.32. The van der Waals surface area contributed by atoms with Crippen molar-refractivity contribution in [1.82, 2.24) is 20.0 Å². The van der Waals surface area contributed by atoms with Crippen molar-refractivity contribution in [3.63, 3.8) is 0 Å². The highest BCUT2D eigenvalue weighted by molar-refractivity contribution is 5.93. The molecule has 1 saturated heterocycles. The summed E-state index contributed by atoms with van der Waals surface area (Å²) in [7, 11) is 0. The lowest BCUT2D eigenvalue weighted by Crippen LogP contribution is -2.32. The molecule has 7 heteroatoms. The Bertz CT molecular complexity index is 1300. The van der Waals surface area contributed by atoms with Crippen LogP contribution in [0.4, 0.5) is 0 Å². The number of fused-ring (bicyclic) bond motifs is 1. The standard InChI is InChI=1S/C27H26N4O3/c32-25(28-15-14-26(33)30-16-6-7-17-30)13-12-21-19-31(22-9-2-1-3-10-22)29-27(21)24-18-20-8-4-5-11-23(20)34-24/h1-5,8-13,18-19H,6-7,14-17H2,(H,28,32). The first-order valence-electron chi connectivity index (χ1n) is 11.5. The van der Waals surface area contributed by atoms with Crippen LogP contribution in [0, 0.1) is 0 Å². The number of hydrogen-bond acceptors (Lipinski definition) is 4. The molecule has 0 saturated carbocycles. The summed E-state index contributed by atoms with van der Waals surface area (Å²) in [6.07, 6.45) is 7.51. The number of carbonyl (C=O) groups excluding carboxylic acids is 2. The zero-order valence-electron chi connectivity index (χ0n) is 18.8. The topological polar surface area (TPSA) is 80.4 Å². The Labute approximate surface area is 197 Å². The van der Waals surface area contributed by atoms with Crippen LogP contribution in [0.3, 0.4) is 0 Å². The third-order valence-corrected chi connectivity index (χ3v) is 5.93. The van der Waals surface area contributed by atoms with Gasteiger partial charge in [-0.1, -0.05) is 36.4 Å². The number of para-hydroxylation sites is 2. The minimum Gasteiger partial charge on any atom is -0.454 e. The summed E-state index contributed by atoms with van der Waals surface area (Å²) in [5, 5.41) is 8.53. The molecule has 1 aliphatic heterocycles. The van der Waals surface area contributed by atoms with Gasteiger partial charge in [0.25, 0.3) is 0 Å². The van der Waals surface area contributed by atoms with E-state index in [-0.39, 0.29) is 11.8 Å². The molecule has 0 unspecified atom stereocenters. The van der Waals surface area contributed by atoms with E-state index in [1.807, 2.05) is 71.8 Å². The highest BCUT2D eigenvalue weighted by Crippen LogP contribution is 2.30. The number of hydrogen-bond donors (Lipinski definition) is 1. The molecular weight excluding hydrogens is 428 g/mol. The van der Waals surface area contributed by atoms with Gasteiger partial charge in [0.05, 0.1) is 5.69 Å². The molecule has 7 nitrogen and oxygen atoms in total. The average molecular weight is 455 g/mol. The van der Waals surface area contributed by atoms with Crippen LogP contribution in [0.1, 0.15) is 24.8 Å². The Kier molecular flexibility index (Phi) is 6.25. The molecule has 0 spiro atoms. The number of likely N-dealkylation sites (tertiary alicyclic amines) is 1. The number of nitrogens with one attached hydrogen (secondary N) is 1. The lowest BCUT2D eigenvalue weighted by molar-refractivity contribution is -0.130. The molecular formula is C27H26N4O3. The maximum absolute atomic E-state index is 12.4. The summed E-state index contributed by atoms with van der Waals surface area (Å²) in [5.41, 5.74) is 3.09. The first-order valence-corrected chi connectivity index (χ1v) is 11.5. The van der Waals surface area contributed by atoms with Gasteiger partial charge in [-0.15, -0.1) is 0 Å². The van der Waals surface area contributed by atoms with E-state index >= 15 is 0 Å². The van der Waals surface area contributed by atoms with Gasteiger partial charge in [0.2, 0.25) is 11.8 Å². The molecule has 4 aromatic rings. The number of carbonyl (C=O) groups is 2. The third kappa shape index (κ3) is 4.78. The molecule has 1 fully saturated rings. The van der Waals surface area contributed by atoms with Crippen LogP contribution < -0.4 is 5.32 Å². The lowest BCUT2D eigenvalue weighted by Gasteiger charge is -2.14. The van der Waals surface area contributed by atoms with E-state index in [1.165, 1.54) is 6.08 Å². The van der Waals surface area contributed by atoms with E-state index < -0.39 is 0 Å². The first kappa shape index (κ1) is 21.7. The maximum atomic E-state index is 12.4. The Balaban J connectivity index is 1.34. The predicted octanol–water partition coefficient (Wildman–Crippen LogP) is 4.43. The molecule has 172 valence electrons. The van der Waals surface area contributed by atoms with Gasteiger partial charge in [-0.2, -0.15) is 5.10 Å². The molecule has 5 rings (SSSR count). The number of furan rings is 1. The second-order valence-electron chi connectivity index (χ2n) is 8.32. The summed E-state index contributed by atoms with van der Waals surface area (Å²) < 4.78 is 7.81. The summed E-state index contributed by atoms with van der Waals surface area (Å²) >= 11 is 0. The number of rotatable bonds is 7. The van der Waals surface area contributed by atoms with E-state index in [9.17, 15) is 9.59 Å². The fourth-order valence-electron chi connectivity index (χ4n) is 4.15. The number of nitrogens with zero attached hydrogens (tertiary/aromatic N) is 3. The highest BCUT2D eigenvalue weighted by Gasteiger charge is 2.18. The fourth-order valence-corrected chi connectivity index (χ4v) is 4.15. The van der Waals surface area contributed by atoms with Gasteiger partial charge in [0, 0.05) is 49.3 Å². The van der Waals surface area contributed by atoms with Gasteiger partial charge < -0.3 is 14.6 Å². The fraction of sp³-hybridized carbons (Fsp3) is 0.222. The molecule has 3 heterocycles. The van der Waals surface area contributed by atoms with Crippen LogP contribution >= 0.6 is 0 Å². The van der Waals surface area contributed by atoms with Crippen molar-refractivity contribution in [2.24, 2.45) is 0 Å². The van der Waals surface area contributed by atoms with E-state index in [1.54, 1.807) is 10.8 Å². The zero-order chi connectivity index (χ0) is 23.3. The van der Waals surface area contributed by atoms with Gasteiger partial charge in [-0.25, -0.2) is 4.68 Å². The van der Waals surface area contributed by atoms with Crippen LogP contribution in [0.25, 0.3) is 34.2 Å². The summed E-state index contributed by atoms with van der Waals surface area (Å²) in [5.74, 6) is 0.475. The molecule has 1 N–H and O–H groups in total. The number of amides is 2. The van der Waals surface area contributed by atoms with Crippen molar-refractivity contribution in [2.75, 3.05) is 19.6 Å². The Morgan fingerprint density at radius 1 is 1.03 bits per heavy atom. The van der Waals surface area contributed by atoms with Crippen molar-refractivity contribution in [3.05, 3.63) is 78.5 Å². The van der Waals surface area contributed by atoms with Gasteiger partial charge in [-0.3, -0.25) is 9.59 Å². The number of aromatic nitrogens is 2. The van der Waals surface area contributed by atoms with E-state index in [0.717, 1.165) is 48.2 Å².